The molecule has 0 radical (unpaired) electrons. The van der Waals surface area contributed by atoms with Crippen molar-refractivity contribution >= 4 is 16.9 Å². The fraction of sp³-hybridized carbons (Fsp3) is 0.240. The Kier molecular flexibility index (Phi) is 7.47. The predicted molar refractivity (Wildman–Crippen MR) is 126 cm³/mol. The number of rotatable bonds is 9. The van der Waals surface area contributed by atoms with Gasteiger partial charge in [-0.3, -0.25) is 4.99 Å². The van der Waals surface area contributed by atoms with E-state index in [2.05, 4.69) is 10.3 Å². The molecule has 0 saturated heterocycles. The van der Waals surface area contributed by atoms with Gasteiger partial charge in [-0.1, -0.05) is 78.5 Å². The molecule has 1 atom stereocenters. The first-order valence-corrected chi connectivity index (χ1v) is 11.3. The Bertz CT molecular complexity index is 996. The van der Waals surface area contributed by atoms with Crippen LogP contribution in [0.2, 0.25) is 0 Å². The molecule has 160 valence electrons. The van der Waals surface area contributed by atoms with Crippen LogP contribution in [0.4, 0.5) is 0 Å². The second-order valence-corrected chi connectivity index (χ2v) is 8.27. The third-order valence-corrected chi connectivity index (χ3v) is 5.79. The van der Waals surface area contributed by atoms with E-state index in [0.717, 1.165) is 34.2 Å². The zero-order valence-corrected chi connectivity index (χ0v) is 18.1. The maximum absolute atomic E-state index is 10.7. The summed E-state index contributed by atoms with van der Waals surface area (Å²) in [4.78, 5) is 4.36. The van der Waals surface area contributed by atoms with Crippen molar-refractivity contribution in [2.45, 2.75) is 19.3 Å². The monoisotopic (exact) mass is 434 g/mol. The summed E-state index contributed by atoms with van der Waals surface area (Å²) in [5.74, 6) is 2.26. The number of hydrogen-bond donors (Lipinski definition) is 2. The Balaban J connectivity index is 1.47. The number of nitrogens with one attached hydrogen (secondary N) is 1. The van der Waals surface area contributed by atoms with Gasteiger partial charge < -0.3 is 19.9 Å². The van der Waals surface area contributed by atoms with Crippen molar-refractivity contribution in [3.05, 3.63) is 95.6 Å². The molecule has 0 amide bonds. The van der Waals surface area contributed by atoms with Crippen molar-refractivity contribution in [2.75, 3.05) is 18.8 Å². The fourth-order valence-electron chi connectivity index (χ4n) is 3.18. The number of aliphatic imine (C=N–C) groups is 1. The van der Waals surface area contributed by atoms with Gasteiger partial charge in [-0.15, -0.1) is 0 Å². The van der Waals surface area contributed by atoms with Gasteiger partial charge in [0.15, 0.2) is 16.7 Å². The molecular weight excluding hydrogens is 408 g/mol. The lowest BCUT2D eigenvalue weighted by Gasteiger charge is -2.17. The highest BCUT2D eigenvalue weighted by atomic mass is 32.2. The Morgan fingerprint density at radius 2 is 1.52 bits per heavy atom. The summed E-state index contributed by atoms with van der Waals surface area (Å²) in [6.45, 7) is 2.10. The van der Waals surface area contributed by atoms with Crippen molar-refractivity contribution < 1.29 is 14.6 Å². The van der Waals surface area contributed by atoms with E-state index in [-0.39, 0.29) is 0 Å². The number of ether oxygens (including phenoxy) is 2. The fourth-order valence-corrected chi connectivity index (χ4v) is 3.92. The molecule has 0 saturated carbocycles. The molecule has 0 aromatic heterocycles. The van der Waals surface area contributed by atoms with Crippen molar-refractivity contribution in [1.82, 2.24) is 5.32 Å². The molecule has 31 heavy (non-hydrogen) atoms. The summed E-state index contributed by atoms with van der Waals surface area (Å²) in [6.07, 6.45) is -0.675. The summed E-state index contributed by atoms with van der Waals surface area (Å²) in [5.41, 5.74) is 2.92. The molecule has 6 heteroatoms. The van der Waals surface area contributed by atoms with Crippen LogP contribution in [-0.2, 0) is 13.2 Å². The molecule has 0 fully saturated rings. The molecule has 5 nitrogen and oxygen atoms in total. The third-order valence-electron chi connectivity index (χ3n) is 4.86. The molecule has 0 bridgehead atoms. The zero-order chi connectivity index (χ0) is 21.3. The first-order valence-electron chi connectivity index (χ1n) is 10.3. The summed E-state index contributed by atoms with van der Waals surface area (Å²) in [6, 6.07) is 25.6. The topological polar surface area (TPSA) is 63.1 Å². The van der Waals surface area contributed by atoms with Crippen LogP contribution in [0.15, 0.2) is 83.9 Å². The van der Waals surface area contributed by atoms with Crippen molar-refractivity contribution in [3.8, 4) is 11.5 Å². The maximum Gasteiger partial charge on any atom is 0.162 e. The molecule has 1 aliphatic rings. The van der Waals surface area contributed by atoms with E-state index in [1.165, 1.54) is 0 Å². The van der Waals surface area contributed by atoms with Crippen LogP contribution in [0.1, 0.15) is 22.8 Å². The van der Waals surface area contributed by atoms with Crippen molar-refractivity contribution in [1.29, 1.82) is 0 Å². The quantitative estimate of drug-likeness (QED) is 0.517. The lowest BCUT2D eigenvalue weighted by atomic mass is 10.1. The third kappa shape index (κ3) is 6.26. The van der Waals surface area contributed by atoms with Gasteiger partial charge in [-0.05, 0) is 28.8 Å². The van der Waals surface area contributed by atoms with E-state index in [9.17, 15) is 5.11 Å². The Morgan fingerprint density at radius 1 is 0.871 bits per heavy atom. The highest BCUT2D eigenvalue weighted by molar-refractivity contribution is 8.14. The summed E-state index contributed by atoms with van der Waals surface area (Å²) in [5, 5.41) is 14.8. The van der Waals surface area contributed by atoms with E-state index >= 15 is 0 Å². The van der Waals surface area contributed by atoms with Gasteiger partial charge in [0.2, 0.25) is 0 Å². The van der Waals surface area contributed by atoms with E-state index in [1.807, 2.05) is 78.9 Å². The van der Waals surface area contributed by atoms with Crippen LogP contribution in [-0.4, -0.2) is 29.1 Å². The normalized spacial score (nSPS) is 14.0. The molecule has 0 spiro atoms. The minimum atomic E-state index is -0.675. The van der Waals surface area contributed by atoms with E-state index in [0.29, 0.717) is 31.3 Å². The van der Waals surface area contributed by atoms with Crippen LogP contribution >= 0.6 is 11.8 Å². The molecular formula is C25H26N2O3S. The first kappa shape index (κ1) is 21.3. The van der Waals surface area contributed by atoms with Crippen LogP contribution < -0.4 is 14.8 Å². The molecule has 4 rings (SSSR count). The number of hydrogen-bond acceptors (Lipinski definition) is 6. The van der Waals surface area contributed by atoms with Gasteiger partial charge in [0, 0.05) is 12.3 Å². The standard InChI is InChI=1S/C25H26N2O3S/c28-22(16-27-25-26-13-14-31-25)21-11-12-23(29-17-19-7-3-1-4-8-19)24(15-21)30-18-20-9-5-2-6-10-20/h1-12,15,22,28H,13-14,16-18H2,(H,26,27). The number of benzene rings is 3. The van der Waals surface area contributed by atoms with Gasteiger partial charge >= 0.3 is 0 Å². The molecule has 2 N–H and O–H groups in total. The van der Waals surface area contributed by atoms with Gasteiger partial charge in [0.05, 0.1) is 12.6 Å². The number of thioether (sulfide) groups is 1. The average molecular weight is 435 g/mol. The summed E-state index contributed by atoms with van der Waals surface area (Å²) in [7, 11) is 0. The summed E-state index contributed by atoms with van der Waals surface area (Å²) >= 11 is 1.68. The molecule has 1 unspecified atom stereocenters. The molecule has 3 aromatic rings. The predicted octanol–water partition coefficient (Wildman–Crippen LogP) is 4.57. The summed E-state index contributed by atoms with van der Waals surface area (Å²) < 4.78 is 12.1. The van der Waals surface area contributed by atoms with Crippen LogP contribution in [0.3, 0.4) is 0 Å². The number of nitrogens with zero attached hydrogens (tertiary/aromatic N) is 1. The average Bonchev–Trinajstić information content (AvgIpc) is 3.35. The van der Waals surface area contributed by atoms with Crippen LogP contribution in [0.5, 0.6) is 11.5 Å². The molecule has 1 aliphatic heterocycles. The Hall–Kier alpha value is -2.96. The van der Waals surface area contributed by atoms with Gasteiger partial charge in [0.1, 0.15) is 13.2 Å². The van der Waals surface area contributed by atoms with Gasteiger partial charge in [-0.2, -0.15) is 0 Å². The molecule has 0 aliphatic carbocycles. The van der Waals surface area contributed by atoms with E-state index < -0.39 is 6.10 Å². The van der Waals surface area contributed by atoms with Crippen LogP contribution in [0.25, 0.3) is 0 Å². The van der Waals surface area contributed by atoms with E-state index in [1.54, 1.807) is 11.8 Å². The number of aliphatic hydroxyl groups is 1. The van der Waals surface area contributed by atoms with E-state index in [4.69, 9.17) is 9.47 Å². The zero-order valence-electron chi connectivity index (χ0n) is 17.2. The van der Waals surface area contributed by atoms with Crippen LogP contribution in [0, 0.1) is 0 Å². The van der Waals surface area contributed by atoms with Gasteiger partial charge in [-0.25, -0.2) is 0 Å². The first-order chi connectivity index (χ1) is 15.3. The minimum absolute atomic E-state index is 0.397. The smallest absolute Gasteiger partial charge is 0.162 e. The Morgan fingerprint density at radius 3 is 2.13 bits per heavy atom. The molecule has 1 heterocycles. The van der Waals surface area contributed by atoms with Crippen molar-refractivity contribution in [3.63, 3.8) is 0 Å². The number of aliphatic hydroxyl groups excluding tert-OH is 1. The molecule has 3 aromatic carbocycles. The van der Waals surface area contributed by atoms with Gasteiger partial charge in [0.25, 0.3) is 0 Å². The highest BCUT2D eigenvalue weighted by Crippen LogP contribution is 2.32. The lowest BCUT2D eigenvalue weighted by molar-refractivity contribution is 0.180. The van der Waals surface area contributed by atoms with Crippen molar-refractivity contribution in [2.24, 2.45) is 4.99 Å². The maximum atomic E-state index is 10.7. The lowest BCUT2D eigenvalue weighted by Crippen LogP contribution is -2.25. The second kappa shape index (κ2) is 10.9. The number of amidine groups is 1. The SMILES string of the molecule is OC(CNC1=NCCS1)c1ccc(OCc2ccccc2)c(OCc2ccccc2)c1. The Labute approximate surface area is 187 Å². The largest absolute Gasteiger partial charge is 0.485 e. The highest BCUT2D eigenvalue weighted by Gasteiger charge is 2.15. The second-order valence-electron chi connectivity index (χ2n) is 7.19. The minimum Gasteiger partial charge on any atom is -0.485 e.